The van der Waals surface area contributed by atoms with Crippen LogP contribution in [0, 0.1) is 5.92 Å². The summed E-state index contributed by atoms with van der Waals surface area (Å²) in [6.07, 6.45) is 14.7. The van der Waals surface area contributed by atoms with E-state index in [0.29, 0.717) is 5.92 Å². The van der Waals surface area contributed by atoms with Gasteiger partial charge in [0, 0.05) is 22.8 Å². The quantitative estimate of drug-likeness (QED) is 0.570. The molecule has 122 valence electrons. The Morgan fingerprint density at radius 1 is 1.50 bits per heavy atom. The van der Waals surface area contributed by atoms with Crippen molar-refractivity contribution in [3.63, 3.8) is 0 Å². The van der Waals surface area contributed by atoms with Crippen molar-refractivity contribution in [1.29, 1.82) is 0 Å². The van der Waals surface area contributed by atoms with E-state index in [1.54, 1.807) is 0 Å². The van der Waals surface area contributed by atoms with Crippen LogP contribution < -0.4 is 0 Å². The van der Waals surface area contributed by atoms with E-state index in [2.05, 4.69) is 52.9 Å². The highest BCUT2D eigenvalue weighted by Crippen LogP contribution is 2.25. The predicted octanol–water partition coefficient (Wildman–Crippen LogP) is 5.47. The number of aliphatic imine (C=N–C) groups is 1. The summed E-state index contributed by atoms with van der Waals surface area (Å²) in [7, 11) is 0. The summed E-state index contributed by atoms with van der Waals surface area (Å²) < 4.78 is 1.09. The summed E-state index contributed by atoms with van der Waals surface area (Å²) in [5.74, 6) is 0.639. The van der Waals surface area contributed by atoms with Gasteiger partial charge in [-0.3, -0.25) is 4.99 Å². The molecule has 2 aliphatic rings. The van der Waals surface area contributed by atoms with Crippen LogP contribution >= 0.6 is 15.9 Å². The van der Waals surface area contributed by atoms with Crippen LogP contribution in [0.1, 0.15) is 52.9 Å². The van der Waals surface area contributed by atoms with Crippen LogP contribution in [0.2, 0.25) is 0 Å². The summed E-state index contributed by atoms with van der Waals surface area (Å²) in [5.41, 5.74) is 2.49. The Balaban J connectivity index is 2.01. The highest BCUT2D eigenvalue weighted by molar-refractivity contribution is 9.11. The molecule has 2 aliphatic heterocycles. The van der Waals surface area contributed by atoms with E-state index in [1.165, 1.54) is 38.1 Å². The molecule has 0 spiro atoms. The Morgan fingerprint density at radius 3 is 2.95 bits per heavy atom. The molecular weight excluding hydrogens is 336 g/mol. The van der Waals surface area contributed by atoms with E-state index in [4.69, 9.17) is 4.99 Å². The molecule has 2 unspecified atom stereocenters. The molecule has 0 aromatic rings. The molecule has 2 atom stereocenters. The normalized spacial score (nSPS) is 27.4. The van der Waals surface area contributed by atoms with E-state index < -0.39 is 0 Å². The minimum Gasteiger partial charge on any atom is -0.300 e. The summed E-state index contributed by atoms with van der Waals surface area (Å²) in [4.78, 5) is 7.52. The Morgan fingerprint density at radius 2 is 2.32 bits per heavy atom. The molecule has 0 aliphatic carbocycles. The standard InChI is InChI=1S/C19H29BrN2/c1-4-7-17(20)14-19-13-16(5-2)12-18(21-19)9-11-22-10-6-8-15(22)3/h4,7,13-16H,5-6,8-12H2,1-3H3/b7-4?,17-14+. The van der Waals surface area contributed by atoms with E-state index >= 15 is 0 Å². The van der Waals surface area contributed by atoms with Gasteiger partial charge in [-0.05, 0) is 64.5 Å². The van der Waals surface area contributed by atoms with Gasteiger partial charge in [-0.1, -0.05) is 41.1 Å². The van der Waals surface area contributed by atoms with Crippen LogP contribution in [-0.4, -0.2) is 29.7 Å². The highest BCUT2D eigenvalue weighted by Gasteiger charge is 2.21. The number of hydrogen-bond acceptors (Lipinski definition) is 2. The largest absolute Gasteiger partial charge is 0.300 e. The monoisotopic (exact) mass is 364 g/mol. The van der Waals surface area contributed by atoms with Crippen molar-refractivity contribution in [2.24, 2.45) is 10.9 Å². The average Bonchev–Trinajstić information content (AvgIpc) is 2.90. The minimum absolute atomic E-state index is 0.639. The molecule has 0 N–H and O–H groups in total. The Bertz CT molecular complexity index is 488. The summed E-state index contributed by atoms with van der Waals surface area (Å²) in [5, 5.41) is 0. The van der Waals surface area contributed by atoms with E-state index in [1.807, 2.05) is 13.0 Å². The molecule has 0 aromatic heterocycles. The summed E-state index contributed by atoms with van der Waals surface area (Å²) in [6, 6.07) is 0.755. The first-order valence-corrected chi connectivity index (χ1v) is 9.43. The fraction of sp³-hybridized carbons (Fsp3) is 0.632. The van der Waals surface area contributed by atoms with Crippen molar-refractivity contribution in [2.45, 2.75) is 58.9 Å². The fourth-order valence-electron chi connectivity index (χ4n) is 3.32. The molecule has 0 aromatic carbocycles. The molecule has 1 fully saturated rings. The van der Waals surface area contributed by atoms with Crippen molar-refractivity contribution in [3.05, 3.63) is 34.5 Å². The summed E-state index contributed by atoms with van der Waals surface area (Å²) in [6.45, 7) is 9.09. The van der Waals surface area contributed by atoms with Gasteiger partial charge < -0.3 is 4.90 Å². The smallest absolute Gasteiger partial charge is 0.0603 e. The third kappa shape index (κ3) is 5.20. The second-order valence-corrected chi connectivity index (χ2v) is 7.36. The number of halogens is 1. The number of allylic oxidation sites excluding steroid dienone is 5. The molecule has 2 nitrogen and oxygen atoms in total. The van der Waals surface area contributed by atoms with E-state index in [9.17, 15) is 0 Å². The molecule has 22 heavy (non-hydrogen) atoms. The van der Waals surface area contributed by atoms with Crippen molar-refractivity contribution in [3.8, 4) is 0 Å². The van der Waals surface area contributed by atoms with Gasteiger partial charge in [0.2, 0.25) is 0 Å². The first kappa shape index (κ1) is 17.7. The van der Waals surface area contributed by atoms with Crippen molar-refractivity contribution in [1.82, 2.24) is 4.90 Å². The second kappa shape index (κ2) is 8.83. The molecule has 0 saturated carbocycles. The maximum absolute atomic E-state index is 4.90. The number of likely N-dealkylation sites (tertiary alicyclic amines) is 1. The molecule has 2 heterocycles. The molecular formula is C19H29BrN2. The van der Waals surface area contributed by atoms with Crippen molar-refractivity contribution >= 4 is 21.6 Å². The molecule has 1 saturated heterocycles. The zero-order valence-corrected chi connectivity index (χ0v) is 15.8. The third-order valence-electron chi connectivity index (χ3n) is 4.71. The topological polar surface area (TPSA) is 15.6 Å². The Kier molecular flexibility index (Phi) is 7.10. The lowest BCUT2D eigenvalue weighted by molar-refractivity contribution is 0.276. The first-order valence-electron chi connectivity index (χ1n) is 8.64. The maximum atomic E-state index is 4.90. The molecule has 0 bridgehead atoms. The SMILES string of the molecule is CC=C/C(Br)=C\C1=CC(CC)CC(CCN2CCCC2C)=N1. The molecule has 3 heteroatoms. The van der Waals surface area contributed by atoms with Crippen molar-refractivity contribution in [2.75, 3.05) is 13.1 Å². The highest BCUT2D eigenvalue weighted by atomic mass is 79.9. The van der Waals surface area contributed by atoms with Crippen LogP contribution in [0.25, 0.3) is 0 Å². The second-order valence-electron chi connectivity index (χ2n) is 6.45. The van der Waals surface area contributed by atoms with Gasteiger partial charge >= 0.3 is 0 Å². The van der Waals surface area contributed by atoms with Gasteiger partial charge in [0.1, 0.15) is 0 Å². The van der Waals surface area contributed by atoms with Gasteiger partial charge in [0.05, 0.1) is 5.70 Å². The van der Waals surface area contributed by atoms with Gasteiger partial charge in [0.25, 0.3) is 0 Å². The molecule has 0 amide bonds. The minimum atomic E-state index is 0.639. The third-order valence-corrected chi connectivity index (χ3v) is 5.20. The van der Waals surface area contributed by atoms with Gasteiger partial charge in [-0.2, -0.15) is 0 Å². The summed E-state index contributed by atoms with van der Waals surface area (Å²) >= 11 is 3.59. The molecule has 0 radical (unpaired) electrons. The van der Waals surface area contributed by atoms with Gasteiger partial charge in [0.15, 0.2) is 0 Å². The Hall–Kier alpha value is -0.670. The number of rotatable bonds is 6. The van der Waals surface area contributed by atoms with Crippen LogP contribution in [0.4, 0.5) is 0 Å². The van der Waals surface area contributed by atoms with E-state index in [-0.39, 0.29) is 0 Å². The van der Waals surface area contributed by atoms with Crippen LogP contribution in [-0.2, 0) is 0 Å². The lowest BCUT2D eigenvalue weighted by Crippen LogP contribution is -2.29. The van der Waals surface area contributed by atoms with Crippen LogP contribution in [0.5, 0.6) is 0 Å². The lowest BCUT2D eigenvalue weighted by Gasteiger charge is -2.24. The predicted molar refractivity (Wildman–Crippen MR) is 101 cm³/mol. The van der Waals surface area contributed by atoms with Crippen LogP contribution in [0.3, 0.4) is 0 Å². The van der Waals surface area contributed by atoms with Crippen molar-refractivity contribution < 1.29 is 0 Å². The lowest BCUT2D eigenvalue weighted by atomic mass is 9.93. The molecule has 2 rings (SSSR count). The van der Waals surface area contributed by atoms with E-state index in [0.717, 1.165) is 29.1 Å². The number of nitrogens with zero attached hydrogens (tertiary/aromatic N) is 2. The number of hydrogen-bond donors (Lipinski definition) is 0. The average molecular weight is 365 g/mol. The van der Waals surface area contributed by atoms with Gasteiger partial charge in [-0.25, -0.2) is 0 Å². The van der Waals surface area contributed by atoms with Crippen LogP contribution in [0.15, 0.2) is 39.5 Å². The Labute approximate surface area is 144 Å². The zero-order chi connectivity index (χ0) is 15.9. The maximum Gasteiger partial charge on any atom is 0.0603 e. The fourth-order valence-corrected chi connectivity index (χ4v) is 3.81. The van der Waals surface area contributed by atoms with Gasteiger partial charge in [-0.15, -0.1) is 0 Å². The first-order chi connectivity index (χ1) is 10.6. The zero-order valence-electron chi connectivity index (χ0n) is 14.2.